The van der Waals surface area contributed by atoms with Crippen LogP contribution in [0, 0.1) is 5.92 Å². The molecule has 0 radical (unpaired) electrons. The molecule has 7 nitrogen and oxygen atoms in total. The van der Waals surface area contributed by atoms with Crippen molar-refractivity contribution < 1.29 is 19.8 Å². The second kappa shape index (κ2) is 14.9. The lowest BCUT2D eigenvalue weighted by Gasteiger charge is -2.22. The molecule has 2 amide bonds. The fourth-order valence-corrected chi connectivity index (χ4v) is 3.78. The number of hydrogen-bond acceptors (Lipinski definition) is 3. The highest BCUT2D eigenvalue weighted by Gasteiger charge is 2.14. The molecule has 0 saturated carbocycles. The molecule has 2 aromatic carbocycles. The summed E-state index contributed by atoms with van der Waals surface area (Å²) in [5, 5.41) is 26.1. The van der Waals surface area contributed by atoms with Gasteiger partial charge in [0.25, 0.3) is 0 Å². The third kappa shape index (κ3) is 11.4. The van der Waals surface area contributed by atoms with Crippen molar-refractivity contribution in [2.45, 2.75) is 44.6 Å². The van der Waals surface area contributed by atoms with Gasteiger partial charge in [-0.2, -0.15) is 0 Å². The summed E-state index contributed by atoms with van der Waals surface area (Å²) in [5.74, 6) is 0.467. The van der Waals surface area contributed by atoms with E-state index >= 15 is 0 Å². The van der Waals surface area contributed by atoms with Crippen molar-refractivity contribution in [2.24, 2.45) is 5.92 Å². The topological polar surface area (TPSA) is 111 Å². The Hall–Kier alpha value is -3.06. The Bertz CT molecular complexity index is 743. The largest absolute Gasteiger partial charge is 0.465 e. The van der Waals surface area contributed by atoms with E-state index in [0.29, 0.717) is 31.8 Å². The first-order valence-electron chi connectivity index (χ1n) is 11.3. The highest BCUT2D eigenvalue weighted by Crippen LogP contribution is 2.16. The maximum Gasteiger partial charge on any atom is 0.404 e. The summed E-state index contributed by atoms with van der Waals surface area (Å²) in [6.45, 7) is 1.64. The second-order valence-corrected chi connectivity index (χ2v) is 8.09. The second-order valence-electron chi connectivity index (χ2n) is 8.09. The first kappa shape index (κ1) is 25.2. The molecule has 0 aromatic heterocycles. The van der Waals surface area contributed by atoms with Gasteiger partial charge in [0.15, 0.2) is 0 Å². The van der Waals surface area contributed by atoms with Gasteiger partial charge in [0, 0.05) is 19.1 Å². The molecule has 0 bridgehead atoms. The van der Waals surface area contributed by atoms with Crippen LogP contribution in [0.15, 0.2) is 60.7 Å². The van der Waals surface area contributed by atoms with Crippen LogP contribution in [-0.2, 0) is 12.8 Å². The van der Waals surface area contributed by atoms with E-state index in [1.807, 2.05) is 12.1 Å². The zero-order valence-electron chi connectivity index (χ0n) is 18.5. The van der Waals surface area contributed by atoms with Crippen LogP contribution in [0.1, 0.15) is 36.8 Å². The Kier molecular flexibility index (Phi) is 11.7. The zero-order chi connectivity index (χ0) is 23.0. The predicted octanol–water partition coefficient (Wildman–Crippen LogP) is 4.14. The van der Waals surface area contributed by atoms with Crippen molar-refractivity contribution in [3.8, 4) is 0 Å². The number of hydrogen-bond donors (Lipinski definition) is 5. The third-order valence-corrected chi connectivity index (χ3v) is 5.53. The van der Waals surface area contributed by atoms with E-state index in [1.165, 1.54) is 11.1 Å². The number of rotatable bonds is 15. The van der Waals surface area contributed by atoms with E-state index in [-0.39, 0.29) is 6.04 Å². The molecule has 1 atom stereocenters. The average molecular weight is 442 g/mol. The van der Waals surface area contributed by atoms with Crippen LogP contribution in [0.5, 0.6) is 0 Å². The van der Waals surface area contributed by atoms with Crippen LogP contribution < -0.4 is 16.0 Å². The third-order valence-electron chi connectivity index (χ3n) is 5.53. The molecule has 0 aliphatic carbocycles. The van der Waals surface area contributed by atoms with E-state index in [0.717, 1.165) is 32.2 Å². The van der Waals surface area contributed by atoms with Crippen LogP contribution in [0.25, 0.3) is 0 Å². The van der Waals surface area contributed by atoms with Crippen LogP contribution in [0.2, 0.25) is 0 Å². The van der Waals surface area contributed by atoms with Crippen molar-refractivity contribution in [2.75, 3.05) is 19.6 Å². The fraction of sp³-hybridized carbons (Fsp3) is 0.440. The molecule has 0 aliphatic rings. The molecule has 32 heavy (non-hydrogen) atoms. The molecule has 0 saturated heterocycles. The summed E-state index contributed by atoms with van der Waals surface area (Å²) in [7, 11) is 0. The van der Waals surface area contributed by atoms with Crippen LogP contribution in [0.4, 0.5) is 9.59 Å². The Balaban J connectivity index is 1.84. The molecular formula is C25H35N3O4. The Labute approximate surface area is 190 Å². The van der Waals surface area contributed by atoms with Crippen LogP contribution >= 0.6 is 0 Å². The van der Waals surface area contributed by atoms with Gasteiger partial charge in [-0.1, -0.05) is 60.7 Å². The predicted molar refractivity (Wildman–Crippen MR) is 126 cm³/mol. The standard InChI is InChI=1S/C25H35N3O4/c29-24(30)27-17-7-12-23(28-25(31)32)19-26-18-22(15-13-20-8-3-1-4-9-20)16-14-21-10-5-2-6-11-21/h1-6,8-11,22-23,26-28H,7,12-19H2,(H,29,30)(H,31,32)/t23-/m0/s1. The highest BCUT2D eigenvalue weighted by atomic mass is 16.4. The normalized spacial score (nSPS) is 11.8. The maximum atomic E-state index is 11.1. The molecule has 0 unspecified atom stereocenters. The fourth-order valence-electron chi connectivity index (χ4n) is 3.78. The molecular weight excluding hydrogens is 406 g/mol. The number of carbonyl (C=O) groups is 2. The van der Waals surface area contributed by atoms with E-state index < -0.39 is 12.2 Å². The number of benzene rings is 2. The lowest BCUT2D eigenvalue weighted by atomic mass is 9.93. The number of carboxylic acid groups (broad SMARTS) is 2. The first-order valence-corrected chi connectivity index (χ1v) is 11.3. The lowest BCUT2D eigenvalue weighted by Crippen LogP contribution is -2.43. The van der Waals surface area contributed by atoms with Crippen molar-refractivity contribution >= 4 is 12.2 Å². The molecule has 7 heteroatoms. The SMILES string of the molecule is O=C(O)NCCC[C@@H](CNCC(CCc1ccccc1)CCc1ccccc1)NC(=O)O. The minimum atomic E-state index is -1.06. The molecule has 0 fully saturated rings. The Morgan fingerprint density at radius 1 is 0.750 bits per heavy atom. The van der Waals surface area contributed by atoms with Gasteiger partial charge < -0.3 is 26.2 Å². The number of amides is 2. The minimum absolute atomic E-state index is 0.257. The van der Waals surface area contributed by atoms with Crippen molar-refractivity contribution in [1.29, 1.82) is 0 Å². The van der Waals surface area contributed by atoms with E-state index in [1.54, 1.807) is 0 Å². The summed E-state index contributed by atoms with van der Waals surface area (Å²) in [6.07, 6.45) is 3.16. The van der Waals surface area contributed by atoms with E-state index in [2.05, 4.69) is 64.5 Å². The van der Waals surface area contributed by atoms with E-state index in [9.17, 15) is 9.59 Å². The average Bonchev–Trinajstić information content (AvgIpc) is 2.78. The molecule has 2 rings (SSSR count). The molecule has 174 valence electrons. The molecule has 5 N–H and O–H groups in total. The molecule has 0 spiro atoms. The summed E-state index contributed by atoms with van der Waals surface area (Å²) < 4.78 is 0. The monoisotopic (exact) mass is 441 g/mol. The van der Waals surface area contributed by atoms with Gasteiger partial charge in [0.1, 0.15) is 0 Å². The summed E-state index contributed by atoms with van der Waals surface area (Å²) in [6, 6.07) is 20.7. The maximum absolute atomic E-state index is 11.1. The lowest BCUT2D eigenvalue weighted by molar-refractivity contribution is 0.186. The van der Waals surface area contributed by atoms with Gasteiger partial charge in [-0.05, 0) is 62.1 Å². The molecule has 0 aliphatic heterocycles. The number of nitrogens with one attached hydrogen (secondary N) is 3. The Morgan fingerprint density at radius 3 is 1.81 bits per heavy atom. The van der Waals surface area contributed by atoms with Crippen LogP contribution in [-0.4, -0.2) is 48.1 Å². The van der Waals surface area contributed by atoms with Gasteiger partial charge >= 0.3 is 12.2 Å². The van der Waals surface area contributed by atoms with Gasteiger partial charge in [0.05, 0.1) is 0 Å². The first-order chi connectivity index (χ1) is 15.5. The van der Waals surface area contributed by atoms with E-state index in [4.69, 9.17) is 10.2 Å². The van der Waals surface area contributed by atoms with Gasteiger partial charge in [-0.25, -0.2) is 9.59 Å². The summed E-state index contributed by atoms with van der Waals surface area (Å²) in [5.41, 5.74) is 2.65. The molecule has 0 heterocycles. The summed E-state index contributed by atoms with van der Waals surface area (Å²) >= 11 is 0. The number of aryl methyl sites for hydroxylation is 2. The smallest absolute Gasteiger partial charge is 0.404 e. The summed E-state index contributed by atoms with van der Waals surface area (Å²) in [4.78, 5) is 21.7. The van der Waals surface area contributed by atoms with Crippen molar-refractivity contribution in [3.63, 3.8) is 0 Å². The highest BCUT2D eigenvalue weighted by molar-refractivity contribution is 5.65. The van der Waals surface area contributed by atoms with Gasteiger partial charge in [-0.15, -0.1) is 0 Å². The molecule has 2 aromatic rings. The van der Waals surface area contributed by atoms with Crippen molar-refractivity contribution in [3.05, 3.63) is 71.8 Å². The zero-order valence-corrected chi connectivity index (χ0v) is 18.5. The van der Waals surface area contributed by atoms with Crippen molar-refractivity contribution in [1.82, 2.24) is 16.0 Å². The van der Waals surface area contributed by atoms with Gasteiger partial charge in [-0.3, -0.25) is 0 Å². The quantitative estimate of drug-likeness (QED) is 0.267. The minimum Gasteiger partial charge on any atom is -0.465 e. The van der Waals surface area contributed by atoms with Crippen LogP contribution in [0.3, 0.4) is 0 Å². The Morgan fingerprint density at radius 2 is 1.31 bits per heavy atom. The van der Waals surface area contributed by atoms with Gasteiger partial charge in [0.2, 0.25) is 0 Å².